The Bertz CT molecular complexity index is 1090. The number of hydrogen-bond acceptors (Lipinski definition) is 4. The molecule has 2 fully saturated rings. The lowest BCUT2D eigenvalue weighted by Gasteiger charge is -2.31. The van der Waals surface area contributed by atoms with Crippen LogP contribution in [0.5, 0.6) is 0 Å². The van der Waals surface area contributed by atoms with Gasteiger partial charge in [-0.25, -0.2) is 0 Å². The third kappa shape index (κ3) is 4.99. The van der Waals surface area contributed by atoms with E-state index in [9.17, 15) is 0 Å². The smallest absolute Gasteiger partial charge is 0.170 e. The summed E-state index contributed by atoms with van der Waals surface area (Å²) < 4.78 is 8.81. The van der Waals surface area contributed by atoms with Crippen LogP contribution in [-0.4, -0.2) is 63.9 Å². The Morgan fingerprint density at radius 2 is 1.94 bits per heavy atom. The van der Waals surface area contributed by atoms with Crippen LogP contribution in [0.1, 0.15) is 29.9 Å². The van der Waals surface area contributed by atoms with Gasteiger partial charge in [0.2, 0.25) is 0 Å². The zero-order chi connectivity index (χ0) is 22.6. The molecule has 4 heterocycles. The highest BCUT2D eigenvalue weighted by Crippen LogP contribution is 2.39. The van der Waals surface area contributed by atoms with E-state index >= 15 is 0 Å². The number of benzene rings is 1. The Kier molecular flexibility index (Phi) is 7.06. The average Bonchev–Trinajstić information content (AvgIpc) is 3.45. The number of nitrogens with one attached hydrogen (secondary N) is 1. The van der Waals surface area contributed by atoms with Gasteiger partial charge in [0, 0.05) is 54.4 Å². The van der Waals surface area contributed by atoms with Gasteiger partial charge in [-0.3, -0.25) is 9.88 Å². The lowest BCUT2D eigenvalue weighted by Crippen LogP contribution is -2.39. The Labute approximate surface area is 208 Å². The van der Waals surface area contributed by atoms with E-state index < -0.39 is 0 Å². The third-order valence-electron chi connectivity index (χ3n) is 6.34. The molecule has 2 atom stereocenters. The molecule has 2 aliphatic rings. The van der Waals surface area contributed by atoms with Gasteiger partial charge in [-0.05, 0) is 61.1 Å². The van der Waals surface area contributed by atoms with Crippen molar-refractivity contribution in [2.24, 2.45) is 0 Å². The van der Waals surface area contributed by atoms with Gasteiger partial charge in [0.1, 0.15) is 0 Å². The highest BCUT2D eigenvalue weighted by molar-refractivity contribution is 9.10. The van der Waals surface area contributed by atoms with E-state index in [-0.39, 0.29) is 12.1 Å². The summed E-state index contributed by atoms with van der Waals surface area (Å²) >= 11 is 9.47. The summed E-state index contributed by atoms with van der Waals surface area (Å²) in [6, 6.07) is 18.8. The van der Waals surface area contributed by atoms with Crippen LogP contribution in [0.25, 0.3) is 5.69 Å². The van der Waals surface area contributed by atoms with Crippen molar-refractivity contribution in [1.82, 2.24) is 24.7 Å². The number of aromatic nitrogens is 2. The summed E-state index contributed by atoms with van der Waals surface area (Å²) in [5.74, 6) is 0. The molecule has 1 aromatic carbocycles. The summed E-state index contributed by atoms with van der Waals surface area (Å²) in [6.45, 7) is 5.61. The van der Waals surface area contributed by atoms with Gasteiger partial charge in [0.25, 0.3) is 0 Å². The topological polar surface area (TPSA) is 45.6 Å². The molecular weight excluding hydrogens is 498 g/mol. The lowest BCUT2D eigenvalue weighted by atomic mass is 10.0. The van der Waals surface area contributed by atoms with Crippen molar-refractivity contribution in [3.63, 3.8) is 0 Å². The lowest BCUT2D eigenvalue weighted by molar-refractivity contribution is 0.0365. The molecule has 8 heteroatoms. The van der Waals surface area contributed by atoms with Gasteiger partial charge < -0.3 is 19.5 Å². The van der Waals surface area contributed by atoms with Gasteiger partial charge in [-0.2, -0.15) is 0 Å². The first-order valence-corrected chi connectivity index (χ1v) is 12.6. The molecule has 0 saturated carbocycles. The molecule has 0 radical (unpaired) electrons. The summed E-state index contributed by atoms with van der Waals surface area (Å²) in [5, 5.41) is 4.37. The fraction of sp³-hybridized carbons (Fsp3) is 0.360. The maximum absolute atomic E-state index is 5.86. The van der Waals surface area contributed by atoms with E-state index in [1.165, 1.54) is 5.69 Å². The molecular formula is C25H28BrN5OS. The van der Waals surface area contributed by atoms with Crippen molar-refractivity contribution in [1.29, 1.82) is 0 Å². The van der Waals surface area contributed by atoms with Gasteiger partial charge in [0.15, 0.2) is 5.11 Å². The van der Waals surface area contributed by atoms with Crippen LogP contribution >= 0.6 is 28.1 Å². The van der Waals surface area contributed by atoms with E-state index in [0.717, 1.165) is 66.8 Å². The first-order chi connectivity index (χ1) is 16.2. The predicted molar refractivity (Wildman–Crippen MR) is 138 cm³/mol. The molecule has 2 saturated heterocycles. The molecule has 33 heavy (non-hydrogen) atoms. The number of ether oxygens (including phenoxy) is 1. The van der Waals surface area contributed by atoms with Crippen molar-refractivity contribution >= 4 is 33.3 Å². The second-order valence-corrected chi connectivity index (χ2v) is 9.71. The molecule has 0 spiro atoms. The fourth-order valence-electron chi connectivity index (χ4n) is 4.75. The fourth-order valence-corrected chi connectivity index (χ4v) is 5.47. The molecule has 0 amide bonds. The first-order valence-electron chi connectivity index (χ1n) is 11.4. The minimum Gasteiger partial charge on any atom is -0.379 e. The van der Waals surface area contributed by atoms with E-state index in [4.69, 9.17) is 17.0 Å². The number of hydrogen-bond donors (Lipinski definition) is 1. The van der Waals surface area contributed by atoms with E-state index in [1.54, 1.807) is 0 Å². The van der Waals surface area contributed by atoms with Gasteiger partial charge in [-0.15, -0.1) is 0 Å². The van der Waals surface area contributed by atoms with Gasteiger partial charge in [0.05, 0.1) is 31.0 Å². The SMILES string of the molecule is S=C1N[C@H](c2ccccn2)[C@H](c2cccn2-c2cccc(Br)c2)N1CCCN1CCOCC1. The van der Waals surface area contributed by atoms with Gasteiger partial charge in [-0.1, -0.05) is 28.1 Å². The van der Waals surface area contributed by atoms with Gasteiger partial charge >= 0.3 is 0 Å². The molecule has 3 aromatic rings. The van der Waals surface area contributed by atoms with Crippen LogP contribution in [0, 0.1) is 0 Å². The Morgan fingerprint density at radius 1 is 1.06 bits per heavy atom. The Balaban J connectivity index is 1.45. The number of morpholine rings is 1. The summed E-state index contributed by atoms with van der Waals surface area (Å²) in [5.41, 5.74) is 3.32. The second-order valence-electron chi connectivity index (χ2n) is 8.41. The normalized spacial score (nSPS) is 21.4. The van der Waals surface area contributed by atoms with E-state index in [0.29, 0.717) is 0 Å². The van der Waals surface area contributed by atoms with Crippen molar-refractivity contribution in [3.8, 4) is 5.69 Å². The van der Waals surface area contributed by atoms with Crippen LogP contribution in [0.4, 0.5) is 0 Å². The van der Waals surface area contributed by atoms with Crippen molar-refractivity contribution < 1.29 is 4.74 Å². The highest BCUT2D eigenvalue weighted by atomic mass is 79.9. The number of thiocarbonyl (C=S) groups is 1. The molecule has 5 rings (SSSR count). The van der Waals surface area contributed by atoms with Crippen LogP contribution in [0.2, 0.25) is 0 Å². The van der Waals surface area contributed by atoms with Crippen molar-refractivity contribution in [3.05, 3.63) is 82.9 Å². The minimum atomic E-state index is -0.0112. The zero-order valence-electron chi connectivity index (χ0n) is 18.4. The number of pyridine rings is 1. The summed E-state index contributed by atoms with van der Waals surface area (Å²) in [6.07, 6.45) is 5.02. The highest BCUT2D eigenvalue weighted by Gasteiger charge is 2.41. The zero-order valence-corrected chi connectivity index (χ0v) is 20.8. The average molecular weight is 527 g/mol. The van der Waals surface area contributed by atoms with Crippen LogP contribution < -0.4 is 5.32 Å². The van der Waals surface area contributed by atoms with Crippen LogP contribution in [-0.2, 0) is 4.74 Å². The minimum absolute atomic E-state index is 0.0112. The molecule has 2 aliphatic heterocycles. The van der Waals surface area contributed by atoms with Crippen LogP contribution in [0.3, 0.4) is 0 Å². The van der Waals surface area contributed by atoms with E-state index in [2.05, 4.69) is 83.2 Å². The largest absolute Gasteiger partial charge is 0.379 e. The molecule has 6 nitrogen and oxygen atoms in total. The molecule has 1 N–H and O–H groups in total. The van der Waals surface area contributed by atoms with Crippen molar-refractivity contribution in [2.45, 2.75) is 18.5 Å². The quantitative estimate of drug-likeness (QED) is 0.463. The maximum Gasteiger partial charge on any atom is 0.170 e. The monoisotopic (exact) mass is 525 g/mol. The predicted octanol–water partition coefficient (Wildman–Crippen LogP) is 4.33. The third-order valence-corrected chi connectivity index (χ3v) is 7.19. The number of nitrogens with zero attached hydrogens (tertiary/aromatic N) is 4. The molecule has 2 aromatic heterocycles. The standard InChI is InChI=1S/C25H28BrN5OS/c26-19-6-3-7-20(18-19)30-12-4-9-22(30)24-23(21-8-1-2-10-27-21)28-25(33)31(24)13-5-11-29-14-16-32-17-15-29/h1-4,6-10,12,18,23-24H,5,11,13-17H2,(H,28,33)/t23-,24+/m1/s1. The maximum atomic E-state index is 5.86. The summed E-state index contributed by atoms with van der Waals surface area (Å²) in [7, 11) is 0. The summed E-state index contributed by atoms with van der Waals surface area (Å²) in [4.78, 5) is 9.50. The number of halogens is 1. The molecule has 0 bridgehead atoms. The second kappa shape index (κ2) is 10.3. The Morgan fingerprint density at radius 3 is 2.73 bits per heavy atom. The molecule has 0 unspecified atom stereocenters. The first kappa shape index (κ1) is 22.5. The number of rotatable bonds is 7. The van der Waals surface area contributed by atoms with Crippen LogP contribution in [0.15, 0.2) is 71.5 Å². The Hall–Kier alpha value is -2.26. The molecule has 172 valence electrons. The van der Waals surface area contributed by atoms with E-state index in [1.807, 2.05) is 24.4 Å². The molecule has 0 aliphatic carbocycles. The van der Waals surface area contributed by atoms with Crippen molar-refractivity contribution in [2.75, 3.05) is 39.4 Å².